The highest BCUT2D eigenvalue weighted by atomic mass is 35.5. The number of hydrogen-bond acceptors (Lipinski definition) is 4. The third kappa shape index (κ3) is 4.91. The van der Waals surface area contributed by atoms with Gasteiger partial charge in [-0.1, -0.05) is 41.9 Å². The van der Waals surface area contributed by atoms with Crippen molar-refractivity contribution in [3.05, 3.63) is 112 Å². The Balaban J connectivity index is 1.26. The fraction of sp³-hybridized carbons (Fsp3) is 0.107. The molecular weight excluding hydrogens is 467 g/mol. The molecule has 1 N–H and O–H groups in total. The lowest BCUT2D eigenvalue weighted by Gasteiger charge is -2.14. The van der Waals surface area contributed by atoms with Crippen molar-refractivity contribution in [3.63, 3.8) is 0 Å². The Hall–Kier alpha value is -3.41. The number of para-hydroxylation sites is 1. The average molecular weight is 489 g/mol. The van der Waals surface area contributed by atoms with Crippen LogP contribution in [0, 0.1) is 12.7 Å². The van der Waals surface area contributed by atoms with Crippen molar-refractivity contribution in [1.29, 1.82) is 0 Å². The Morgan fingerprint density at radius 2 is 1.79 bits per heavy atom. The second kappa shape index (κ2) is 9.84. The van der Waals surface area contributed by atoms with E-state index in [0.29, 0.717) is 22.9 Å². The maximum Gasteiger partial charge on any atom is 0.131 e. The second-order valence-corrected chi connectivity index (χ2v) is 9.46. The number of ether oxygens (including phenoxy) is 1. The summed E-state index contributed by atoms with van der Waals surface area (Å²) < 4.78 is 21.2. The van der Waals surface area contributed by atoms with Crippen LogP contribution in [0.25, 0.3) is 20.8 Å². The van der Waals surface area contributed by atoms with E-state index < -0.39 is 0 Å². The van der Waals surface area contributed by atoms with Gasteiger partial charge in [0.2, 0.25) is 0 Å². The molecule has 0 atom stereocenters. The van der Waals surface area contributed by atoms with Crippen molar-refractivity contribution in [3.8, 4) is 16.3 Å². The molecule has 170 valence electrons. The molecule has 5 rings (SSSR count). The van der Waals surface area contributed by atoms with E-state index in [9.17, 15) is 4.39 Å². The SMILES string of the molecule is Cc1ccc2nc(-c3ccc(NCc4ccccc4OCc4c(F)cccc4Cl)cc3)sc2c1. The van der Waals surface area contributed by atoms with E-state index in [1.165, 1.54) is 16.3 Å². The molecule has 34 heavy (non-hydrogen) atoms. The van der Waals surface area contributed by atoms with E-state index in [-0.39, 0.29) is 12.4 Å². The Labute approximate surface area is 206 Å². The minimum atomic E-state index is -0.369. The normalized spacial score (nSPS) is 11.0. The zero-order valence-electron chi connectivity index (χ0n) is 18.5. The number of thiazole rings is 1. The van der Waals surface area contributed by atoms with E-state index >= 15 is 0 Å². The van der Waals surface area contributed by atoms with Gasteiger partial charge in [-0.3, -0.25) is 0 Å². The van der Waals surface area contributed by atoms with Crippen molar-refractivity contribution in [2.45, 2.75) is 20.1 Å². The molecular formula is C28H22ClFN2OS. The third-order valence-electron chi connectivity index (χ3n) is 5.57. The van der Waals surface area contributed by atoms with Crippen molar-refractivity contribution >= 4 is 38.8 Å². The van der Waals surface area contributed by atoms with Crippen LogP contribution in [0.5, 0.6) is 5.75 Å². The Morgan fingerprint density at radius 1 is 0.971 bits per heavy atom. The van der Waals surface area contributed by atoms with Crippen LogP contribution in [-0.2, 0) is 13.2 Å². The Morgan fingerprint density at radius 3 is 2.62 bits per heavy atom. The fourth-order valence-corrected chi connectivity index (χ4v) is 4.98. The van der Waals surface area contributed by atoms with E-state index in [1.54, 1.807) is 23.5 Å². The summed E-state index contributed by atoms with van der Waals surface area (Å²) in [4.78, 5) is 4.76. The van der Waals surface area contributed by atoms with Crippen LogP contribution in [0.1, 0.15) is 16.7 Å². The number of nitrogens with one attached hydrogen (secondary N) is 1. The zero-order valence-corrected chi connectivity index (χ0v) is 20.1. The Kier molecular flexibility index (Phi) is 6.48. The van der Waals surface area contributed by atoms with Gasteiger partial charge < -0.3 is 10.1 Å². The van der Waals surface area contributed by atoms with Crippen LogP contribution < -0.4 is 10.1 Å². The lowest BCUT2D eigenvalue weighted by Crippen LogP contribution is -2.05. The maximum atomic E-state index is 14.1. The maximum absolute atomic E-state index is 14.1. The molecule has 0 fully saturated rings. The number of aryl methyl sites for hydroxylation is 1. The van der Waals surface area contributed by atoms with Gasteiger partial charge in [-0.2, -0.15) is 0 Å². The molecule has 0 spiro atoms. The minimum absolute atomic E-state index is 0.0684. The average Bonchev–Trinajstić information content (AvgIpc) is 3.26. The number of fused-ring (bicyclic) bond motifs is 1. The first-order valence-electron chi connectivity index (χ1n) is 10.9. The van der Waals surface area contributed by atoms with Gasteiger partial charge in [0.25, 0.3) is 0 Å². The highest BCUT2D eigenvalue weighted by molar-refractivity contribution is 7.21. The number of anilines is 1. The van der Waals surface area contributed by atoms with Crippen molar-refractivity contribution in [2.75, 3.05) is 5.32 Å². The molecule has 0 saturated heterocycles. The monoisotopic (exact) mass is 488 g/mol. The quantitative estimate of drug-likeness (QED) is 0.250. The number of rotatable bonds is 7. The van der Waals surface area contributed by atoms with Gasteiger partial charge in [0.1, 0.15) is 23.2 Å². The molecule has 0 unspecified atom stereocenters. The standard InChI is InChI=1S/C28H22ClFN2OS/c1-18-9-14-25-27(15-18)34-28(32-25)19-10-12-21(13-11-19)31-16-20-5-2-3-8-26(20)33-17-22-23(29)6-4-7-24(22)30/h2-15,31H,16-17H2,1H3. The third-order valence-corrected chi connectivity index (χ3v) is 6.99. The summed E-state index contributed by atoms with van der Waals surface area (Å²) in [5.74, 6) is 0.321. The summed E-state index contributed by atoms with van der Waals surface area (Å²) in [7, 11) is 0. The molecule has 1 heterocycles. The van der Waals surface area contributed by atoms with Crippen LogP contribution in [0.15, 0.2) is 84.9 Å². The van der Waals surface area contributed by atoms with E-state index in [2.05, 4.69) is 54.7 Å². The highest BCUT2D eigenvalue weighted by Gasteiger charge is 2.10. The van der Waals surface area contributed by atoms with Gasteiger partial charge in [-0.25, -0.2) is 9.37 Å². The predicted octanol–water partition coefficient (Wildman–Crippen LogP) is 8.26. The summed E-state index contributed by atoms with van der Waals surface area (Å²) in [6, 6.07) is 26.9. The molecule has 0 bridgehead atoms. The molecule has 0 saturated carbocycles. The second-order valence-electron chi connectivity index (χ2n) is 8.02. The summed E-state index contributed by atoms with van der Waals surface area (Å²) in [6.45, 7) is 2.73. The highest BCUT2D eigenvalue weighted by Crippen LogP contribution is 2.31. The van der Waals surface area contributed by atoms with Crippen LogP contribution in [0.2, 0.25) is 5.02 Å². The van der Waals surface area contributed by atoms with Gasteiger partial charge >= 0.3 is 0 Å². The molecule has 6 heteroatoms. The predicted molar refractivity (Wildman–Crippen MR) is 139 cm³/mol. The molecule has 0 aliphatic carbocycles. The van der Waals surface area contributed by atoms with Gasteiger partial charge in [-0.05, 0) is 67.1 Å². The number of benzene rings is 4. The summed E-state index contributed by atoms with van der Waals surface area (Å²) in [5.41, 5.74) is 5.68. The topological polar surface area (TPSA) is 34.2 Å². The van der Waals surface area contributed by atoms with Crippen molar-refractivity contribution < 1.29 is 9.13 Å². The molecule has 4 aromatic carbocycles. The van der Waals surface area contributed by atoms with Crippen LogP contribution in [0.3, 0.4) is 0 Å². The lowest BCUT2D eigenvalue weighted by atomic mass is 10.1. The number of nitrogens with zero attached hydrogens (tertiary/aromatic N) is 1. The van der Waals surface area contributed by atoms with Gasteiger partial charge in [-0.15, -0.1) is 11.3 Å². The van der Waals surface area contributed by atoms with Crippen molar-refractivity contribution in [2.24, 2.45) is 0 Å². The molecule has 0 aliphatic rings. The Bertz CT molecular complexity index is 1430. The molecule has 3 nitrogen and oxygen atoms in total. The first-order valence-corrected chi connectivity index (χ1v) is 12.1. The summed E-state index contributed by atoms with van der Waals surface area (Å²) in [6.07, 6.45) is 0. The van der Waals surface area contributed by atoms with Gasteiger partial charge in [0.15, 0.2) is 0 Å². The first-order chi connectivity index (χ1) is 16.6. The van der Waals surface area contributed by atoms with E-state index in [1.807, 2.05) is 24.3 Å². The first kappa shape index (κ1) is 22.4. The zero-order chi connectivity index (χ0) is 23.5. The van der Waals surface area contributed by atoms with Gasteiger partial charge in [0, 0.05) is 28.9 Å². The molecule has 5 aromatic rings. The lowest BCUT2D eigenvalue weighted by molar-refractivity contribution is 0.297. The molecule has 0 amide bonds. The largest absolute Gasteiger partial charge is 0.488 e. The summed E-state index contributed by atoms with van der Waals surface area (Å²) >= 11 is 7.83. The number of halogens is 2. The smallest absolute Gasteiger partial charge is 0.131 e. The number of aromatic nitrogens is 1. The van der Waals surface area contributed by atoms with Crippen LogP contribution >= 0.6 is 22.9 Å². The van der Waals surface area contributed by atoms with E-state index in [0.717, 1.165) is 27.3 Å². The van der Waals surface area contributed by atoms with Crippen LogP contribution in [0.4, 0.5) is 10.1 Å². The van der Waals surface area contributed by atoms with Gasteiger partial charge in [0.05, 0.1) is 15.2 Å². The van der Waals surface area contributed by atoms with Crippen molar-refractivity contribution in [1.82, 2.24) is 4.98 Å². The molecule has 0 radical (unpaired) electrons. The summed E-state index contributed by atoms with van der Waals surface area (Å²) in [5, 5.41) is 4.81. The molecule has 1 aromatic heterocycles. The minimum Gasteiger partial charge on any atom is -0.488 e. The van der Waals surface area contributed by atoms with Crippen LogP contribution in [-0.4, -0.2) is 4.98 Å². The fourth-order valence-electron chi connectivity index (χ4n) is 3.69. The van der Waals surface area contributed by atoms with E-state index in [4.69, 9.17) is 21.3 Å². The number of hydrogen-bond donors (Lipinski definition) is 1. The molecule has 0 aliphatic heterocycles.